The Kier molecular flexibility index (Phi) is 3.41. The second kappa shape index (κ2) is 4.82. The highest BCUT2D eigenvalue weighted by Crippen LogP contribution is 2.29. The van der Waals surface area contributed by atoms with Crippen LogP contribution in [-0.4, -0.2) is 23.3 Å². The van der Waals surface area contributed by atoms with E-state index in [2.05, 4.69) is 0 Å². The Morgan fingerprint density at radius 2 is 2.12 bits per heavy atom. The number of allylic oxidation sites excluding steroid dienone is 1. The summed E-state index contributed by atoms with van der Waals surface area (Å²) in [5, 5.41) is 15.7. The molecule has 0 bridgehead atoms. The Hall–Kier alpha value is -1.45. The fourth-order valence-electron chi connectivity index (χ4n) is 2.43. The number of Topliss-reactive ketones (excluding diaryl/α,β-unsaturated/α-hetero) is 1. The highest BCUT2D eigenvalue weighted by molar-refractivity contribution is 6.12. The molecule has 1 aliphatic heterocycles. The van der Waals surface area contributed by atoms with Crippen molar-refractivity contribution in [2.45, 2.75) is 45.1 Å². The Morgan fingerprint density at radius 3 is 2.82 bits per heavy atom. The van der Waals surface area contributed by atoms with Gasteiger partial charge in [0, 0.05) is 17.0 Å². The van der Waals surface area contributed by atoms with Crippen LogP contribution in [0, 0.1) is 16.7 Å². The molecule has 0 saturated heterocycles. The van der Waals surface area contributed by atoms with Gasteiger partial charge in [0.25, 0.3) is 0 Å². The predicted molar refractivity (Wildman–Crippen MR) is 65.7 cm³/mol. The highest BCUT2D eigenvalue weighted by Gasteiger charge is 2.38. The highest BCUT2D eigenvalue weighted by atomic mass is 16.5. The van der Waals surface area contributed by atoms with Crippen molar-refractivity contribution in [1.82, 2.24) is 0 Å². The second-order valence-corrected chi connectivity index (χ2v) is 4.68. The zero-order chi connectivity index (χ0) is 12.4. The first-order valence-corrected chi connectivity index (χ1v) is 6.15. The number of hydrogen-bond acceptors (Lipinski definition) is 4. The van der Waals surface area contributed by atoms with Gasteiger partial charge in [-0.2, -0.15) is 0 Å². The average Bonchev–Trinajstić information content (AvgIpc) is 2.31. The quantitative estimate of drug-likeness (QED) is 0.731. The summed E-state index contributed by atoms with van der Waals surface area (Å²) >= 11 is 0. The molecule has 0 aromatic heterocycles. The second-order valence-electron chi connectivity index (χ2n) is 4.68. The Balaban J connectivity index is 2.24. The first kappa shape index (κ1) is 12.0. The molecule has 4 nitrogen and oxygen atoms in total. The van der Waals surface area contributed by atoms with Crippen LogP contribution in [0.1, 0.15) is 39.0 Å². The number of carbonyl (C=O) groups excluding carboxylic acids is 1. The number of ketones is 1. The van der Waals surface area contributed by atoms with Gasteiger partial charge in [0.15, 0.2) is 5.78 Å². The van der Waals surface area contributed by atoms with E-state index in [-0.39, 0.29) is 11.9 Å². The van der Waals surface area contributed by atoms with Crippen molar-refractivity contribution in [3.63, 3.8) is 0 Å². The largest absolute Gasteiger partial charge is 0.496 e. The van der Waals surface area contributed by atoms with Crippen molar-refractivity contribution in [2.24, 2.45) is 5.92 Å². The molecule has 2 N–H and O–H groups in total. The SMILES string of the molecule is CCC1=COC2CCC(=N)CCC(=N)C2C1=O. The lowest BCUT2D eigenvalue weighted by Crippen LogP contribution is -2.41. The van der Waals surface area contributed by atoms with Gasteiger partial charge >= 0.3 is 0 Å². The van der Waals surface area contributed by atoms with E-state index in [0.717, 1.165) is 0 Å². The molecule has 92 valence electrons. The van der Waals surface area contributed by atoms with Gasteiger partial charge in [0.05, 0.1) is 12.2 Å². The number of hydrogen-bond donors (Lipinski definition) is 2. The third-order valence-corrected chi connectivity index (χ3v) is 3.54. The summed E-state index contributed by atoms with van der Waals surface area (Å²) in [6, 6.07) is 0. The number of nitrogens with one attached hydrogen (secondary N) is 2. The van der Waals surface area contributed by atoms with E-state index >= 15 is 0 Å². The molecule has 17 heavy (non-hydrogen) atoms. The topological polar surface area (TPSA) is 74.0 Å². The molecular weight excluding hydrogens is 216 g/mol. The van der Waals surface area contributed by atoms with Crippen LogP contribution in [0.3, 0.4) is 0 Å². The summed E-state index contributed by atoms with van der Waals surface area (Å²) in [5.41, 5.74) is 1.78. The van der Waals surface area contributed by atoms with Gasteiger partial charge in [-0.15, -0.1) is 0 Å². The van der Waals surface area contributed by atoms with Crippen molar-refractivity contribution in [1.29, 1.82) is 10.8 Å². The van der Waals surface area contributed by atoms with Crippen LogP contribution in [0.4, 0.5) is 0 Å². The molecule has 4 heteroatoms. The fourth-order valence-corrected chi connectivity index (χ4v) is 2.43. The molecule has 0 spiro atoms. The lowest BCUT2D eigenvalue weighted by Gasteiger charge is -2.32. The van der Waals surface area contributed by atoms with Crippen LogP contribution in [0.5, 0.6) is 0 Å². The van der Waals surface area contributed by atoms with E-state index in [9.17, 15) is 4.79 Å². The number of fused-ring (bicyclic) bond motifs is 1. The smallest absolute Gasteiger partial charge is 0.174 e. The number of rotatable bonds is 1. The van der Waals surface area contributed by atoms with Gasteiger partial charge in [-0.3, -0.25) is 4.79 Å². The van der Waals surface area contributed by atoms with Crippen LogP contribution >= 0.6 is 0 Å². The minimum atomic E-state index is -0.400. The Morgan fingerprint density at radius 1 is 1.35 bits per heavy atom. The van der Waals surface area contributed by atoms with Gasteiger partial charge in [0.2, 0.25) is 0 Å². The number of ether oxygens (including phenoxy) is 1. The third kappa shape index (κ3) is 2.30. The van der Waals surface area contributed by atoms with Crippen LogP contribution in [-0.2, 0) is 9.53 Å². The molecule has 1 heterocycles. The maximum Gasteiger partial charge on any atom is 0.174 e. The minimum absolute atomic E-state index is 0.0576. The zero-order valence-electron chi connectivity index (χ0n) is 10.1. The molecule has 2 rings (SSSR count). The molecule has 1 fully saturated rings. The molecule has 0 radical (unpaired) electrons. The molecule has 0 aromatic carbocycles. The van der Waals surface area contributed by atoms with Gasteiger partial charge in [-0.1, -0.05) is 6.92 Å². The predicted octanol–water partition coefficient (Wildman–Crippen LogP) is 2.48. The van der Waals surface area contributed by atoms with Crippen molar-refractivity contribution in [3.8, 4) is 0 Å². The molecule has 1 saturated carbocycles. The van der Waals surface area contributed by atoms with Gasteiger partial charge in [0.1, 0.15) is 6.10 Å². The van der Waals surface area contributed by atoms with Gasteiger partial charge in [-0.25, -0.2) is 0 Å². The van der Waals surface area contributed by atoms with Crippen LogP contribution in [0.15, 0.2) is 11.8 Å². The molecule has 1 aliphatic carbocycles. The molecule has 0 aromatic rings. The van der Waals surface area contributed by atoms with E-state index in [4.69, 9.17) is 15.6 Å². The summed E-state index contributed by atoms with van der Waals surface area (Å²) in [5.74, 6) is -0.342. The van der Waals surface area contributed by atoms with Crippen LogP contribution in [0.2, 0.25) is 0 Å². The van der Waals surface area contributed by atoms with Crippen LogP contribution < -0.4 is 0 Å². The minimum Gasteiger partial charge on any atom is -0.496 e. The van der Waals surface area contributed by atoms with Crippen molar-refractivity contribution in [2.75, 3.05) is 0 Å². The maximum absolute atomic E-state index is 12.2. The van der Waals surface area contributed by atoms with E-state index in [1.54, 1.807) is 6.26 Å². The summed E-state index contributed by atoms with van der Waals surface area (Å²) in [7, 11) is 0. The normalized spacial score (nSPS) is 29.9. The summed E-state index contributed by atoms with van der Waals surface area (Å²) < 4.78 is 5.59. The Bertz CT molecular complexity index is 398. The third-order valence-electron chi connectivity index (χ3n) is 3.54. The van der Waals surface area contributed by atoms with E-state index in [1.165, 1.54) is 0 Å². The summed E-state index contributed by atoms with van der Waals surface area (Å²) in [6.45, 7) is 1.93. The van der Waals surface area contributed by atoms with E-state index < -0.39 is 5.92 Å². The molecule has 2 atom stereocenters. The molecule has 2 unspecified atom stereocenters. The van der Waals surface area contributed by atoms with Crippen LogP contribution in [0.25, 0.3) is 0 Å². The summed E-state index contributed by atoms with van der Waals surface area (Å²) in [6.07, 6.45) is 4.47. The van der Waals surface area contributed by atoms with E-state index in [1.807, 2.05) is 6.92 Å². The average molecular weight is 234 g/mol. The first-order valence-electron chi connectivity index (χ1n) is 6.15. The first-order chi connectivity index (χ1) is 8.13. The van der Waals surface area contributed by atoms with E-state index in [0.29, 0.717) is 49.1 Å². The van der Waals surface area contributed by atoms with Crippen molar-refractivity contribution >= 4 is 17.2 Å². The summed E-state index contributed by atoms with van der Waals surface area (Å²) in [4.78, 5) is 12.2. The maximum atomic E-state index is 12.2. The molecule has 2 aliphatic rings. The van der Waals surface area contributed by atoms with Crippen molar-refractivity contribution < 1.29 is 9.53 Å². The Labute approximate surface area is 101 Å². The zero-order valence-corrected chi connectivity index (χ0v) is 10.1. The molecular formula is C13H18N2O2. The van der Waals surface area contributed by atoms with Gasteiger partial charge in [-0.05, 0) is 32.1 Å². The van der Waals surface area contributed by atoms with Gasteiger partial charge < -0.3 is 15.6 Å². The van der Waals surface area contributed by atoms with Crippen molar-refractivity contribution in [3.05, 3.63) is 11.8 Å². The number of carbonyl (C=O) groups is 1. The standard InChI is InChI=1S/C13H18N2O2/c1-2-8-7-17-11-6-4-9(14)3-5-10(15)12(11)13(8)16/h7,11-12,14-15H,2-6H2,1H3. The monoisotopic (exact) mass is 234 g/mol. The lowest BCUT2D eigenvalue weighted by molar-refractivity contribution is -0.122. The molecule has 0 amide bonds. The lowest BCUT2D eigenvalue weighted by atomic mass is 9.80. The fraction of sp³-hybridized carbons (Fsp3) is 0.615.